The van der Waals surface area contributed by atoms with E-state index >= 15 is 0 Å². The van der Waals surface area contributed by atoms with Crippen molar-refractivity contribution in [3.05, 3.63) is 22.9 Å². The molecule has 20 heavy (non-hydrogen) atoms. The van der Waals surface area contributed by atoms with Crippen LogP contribution in [0.1, 0.15) is 0 Å². The third-order valence-electron chi connectivity index (χ3n) is 3.14. The molecule has 2 atom stereocenters. The quantitative estimate of drug-likeness (QED) is 0.473. The van der Waals surface area contributed by atoms with Crippen molar-refractivity contribution in [3.63, 3.8) is 0 Å². The molecule has 2 rings (SSSR count). The summed E-state index contributed by atoms with van der Waals surface area (Å²) in [6.07, 6.45) is 1.76. The molecular formula is C11H17ClN4O4. The number of H-pyrrole nitrogens is 2. The van der Waals surface area contributed by atoms with Crippen molar-refractivity contribution in [1.82, 2.24) is 15.0 Å². The van der Waals surface area contributed by atoms with Gasteiger partial charge in [-0.25, -0.2) is 4.98 Å². The number of nitrogens with one attached hydrogen (secondary N) is 2. The third kappa shape index (κ3) is 2.78. The number of nitrogens with zero attached hydrogens (tertiary/aromatic N) is 2. The third-order valence-corrected chi connectivity index (χ3v) is 3.14. The van der Waals surface area contributed by atoms with Gasteiger partial charge in [0.25, 0.3) is 5.56 Å². The second-order valence-corrected chi connectivity index (χ2v) is 4.24. The monoisotopic (exact) mass is 304 g/mol. The fraction of sp³-hybridized carbons (Fsp3) is 0.455. The summed E-state index contributed by atoms with van der Waals surface area (Å²) >= 11 is 0. The van der Waals surface area contributed by atoms with Crippen LogP contribution in [-0.2, 0) is 0 Å². The molecule has 112 valence electrons. The van der Waals surface area contributed by atoms with E-state index in [4.69, 9.17) is 5.11 Å². The molecule has 0 aliphatic carbocycles. The Morgan fingerprint density at radius 2 is 2.05 bits per heavy atom. The molecule has 0 saturated carbocycles. The summed E-state index contributed by atoms with van der Waals surface area (Å²) in [6, 6.07) is -0.690. The van der Waals surface area contributed by atoms with Crippen LogP contribution >= 0.6 is 12.4 Å². The average Bonchev–Trinajstić information content (AvgIpc) is 2.84. The molecule has 0 spiro atoms. The summed E-state index contributed by atoms with van der Waals surface area (Å²) in [6.45, 7) is -0.806. The van der Waals surface area contributed by atoms with Gasteiger partial charge >= 0.3 is 0 Å². The molecule has 9 heteroatoms. The van der Waals surface area contributed by atoms with E-state index in [2.05, 4.69) is 15.0 Å². The van der Waals surface area contributed by atoms with Crippen molar-refractivity contribution in [2.24, 2.45) is 0 Å². The van der Waals surface area contributed by atoms with Crippen molar-refractivity contribution >= 4 is 29.1 Å². The van der Waals surface area contributed by atoms with Crippen molar-refractivity contribution in [2.75, 3.05) is 25.2 Å². The zero-order chi connectivity index (χ0) is 14.0. The molecule has 0 aliphatic rings. The van der Waals surface area contributed by atoms with Gasteiger partial charge in [0.2, 0.25) is 0 Å². The highest BCUT2D eigenvalue weighted by Crippen LogP contribution is 2.23. The highest BCUT2D eigenvalue weighted by molar-refractivity contribution is 5.88. The van der Waals surface area contributed by atoms with Crippen LogP contribution in [0.15, 0.2) is 17.3 Å². The standard InChI is InChI=1S/C11H16N4O4.ClH/c1-15(7(3-16)8(18)4-17)6-2-12-10-9(6)13-5-14-11(10)19;/h2,5,7-8,12,16-18H,3-4H2,1H3,(H,13,14,19);1H/t7-,8-;/m0./s1. The van der Waals surface area contributed by atoms with Gasteiger partial charge in [-0.2, -0.15) is 0 Å². The van der Waals surface area contributed by atoms with Gasteiger partial charge in [0, 0.05) is 13.2 Å². The predicted octanol–water partition coefficient (Wildman–Crippen LogP) is -1.18. The molecule has 0 fully saturated rings. The summed E-state index contributed by atoms with van der Waals surface area (Å²) in [5.41, 5.74) is 1.02. The van der Waals surface area contributed by atoms with Crippen molar-refractivity contribution < 1.29 is 15.3 Å². The number of hydrogen-bond donors (Lipinski definition) is 5. The van der Waals surface area contributed by atoms with E-state index in [1.807, 2.05) is 0 Å². The van der Waals surface area contributed by atoms with Crippen LogP contribution < -0.4 is 10.5 Å². The minimum Gasteiger partial charge on any atom is -0.394 e. The molecule has 0 amide bonds. The normalized spacial score (nSPS) is 13.8. The lowest BCUT2D eigenvalue weighted by Gasteiger charge is -2.30. The van der Waals surface area contributed by atoms with Gasteiger partial charge in [0.15, 0.2) is 0 Å². The van der Waals surface area contributed by atoms with E-state index in [1.165, 1.54) is 6.33 Å². The van der Waals surface area contributed by atoms with Crippen molar-refractivity contribution in [2.45, 2.75) is 12.1 Å². The maximum atomic E-state index is 11.6. The van der Waals surface area contributed by atoms with E-state index in [1.54, 1.807) is 18.1 Å². The SMILES string of the molecule is CN(c1c[nH]c2c(=O)[nH]cnc12)[C@@H](CO)[C@@H](O)CO.Cl. The summed E-state index contributed by atoms with van der Waals surface area (Å²) in [5, 5.41) is 27.9. The fourth-order valence-corrected chi connectivity index (χ4v) is 2.01. The van der Waals surface area contributed by atoms with E-state index in [0.29, 0.717) is 16.7 Å². The Bertz CT molecular complexity index is 614. The number of fused-ring (bicyclic) bond motifs is 1. The van der Waals surface area contributed by atoms with Crippen molar-refractivity contribution in [3.8, 4) is 0 Å². The molecule has 2 aromatic rings. The maximum absolute atomic E-state index is 11.6. The number of anilines is 1. The molecule has 0 saturated heterocycles. The Kier molecular flexibility index (Phi) is 5.52. The lowest BCUT2D eigenvalue weighted by atomic mass is 10.1. The molecule has 2 aromatic heterocycles. The number of rotatable bonds is 5. The summed E-state index contributed by atoms with van der Waals surface area (Å²) < 4.78 is 0. The Morgan fingerprint density at radius 3 is 2.65 bits per heavy atom. The molecule has 5 N–H and O–H groups in total. The number of aromatic amines is 2. The first-order valence-corrected chi connectivity index (χ1v) is 5.77. The topological polar surface area (TPSA) is 125 Å². The first kappa shape index (κ1) is 16.4. The second kappa shape index (κ2) is 6.71. The molecule has 0 bridgehead atoms. The van der Waals surface area contributed by atoms with Crippen LogP contribution in [0.25, 0.3) is 11.0 Å². The smallest absolute Gasteiger partial charge is 0.275 e. The maximum Gasteiger partial charge on any atom is 0.275 e. The first-order valence-electron chi connectivity index (χ1n) is 5.77. The molecule has 8 nitrogen and oxygen atoms in total. The minimum atomic E-state index is -1.10. The summed E-state index contributed by atoms with van der Waals surface area (Å²) in [7, 11) is 1.64. The van der Waals surface area contributed by atoms with Crippen molar-refractivity contribution in [1.29, 1.82) is 0 Å². The van der Waals surface area contributed by atoms with Gasteiger partial charge in [0.1, 0.15) is 11.0 Å². The van der Waals surface area contributed by atoms with Crippen LogP contribution in [0.3, 0.4) is 0 Å². The number of hydrogen-bond acceptors (Lipinski definition) is 6. The van der Waals surface area contributed by atoms with Crippen LogP contribution in [0, 0.1) is 0 Å². The Balaban J connectivity index is 0.00000200. The molecule has 0 unspecified atom stereocenters. The molecule has 0 radical (unpaired) electrons. The zero-order valence-electron chi connectivity index (χ0n) is 10.8. The van der Waals surface area contributed by atoms with E-state index in [0.717, 1.165) is 0 Å². The molecular weight excluding hydrogens is 288 g/mol. The van der Waals surface area contributed by atoms with Crippen LogP contribution in [-0.4, -0.2) is 62.7 Å². The lowest BCUT2D eigenvalue weighted by molar-refractivity contribution is 0.0533. The molecule has 2 heterocycles. The number of likely N-dealkylation sites (N-methyl/N-ethyl adjacent to an activating group) is 1. The Morgan fingerprint density at radius 1 is 1.35 bits per heavy atom. The number of aliphatic hydroxyl groups excluding tert-OH is 3. The fourth-order valence-electron chi connectivity index (χ4n) is 2.01. The van der Waals surface area contributed by atoms with Crippen LogP contribution in [0.4, 0.5) is 5.69 Å². The summed E-state index contributed by atoms with van der Waals surface area (Å²) in [4.78, 5) is 22.5. The Hall–Kier alpha value is -1.61. The lowest BCUT2D eigenvalue weighted by Crippen LogP contribution is -2.45. The second-order valence-electron chi connectivity index (χ2n) is 4.24. The van der Waals surface area contributed by atoms with Gasteiger partial charge in [-0.1, -0.05) is 0 Å². The van der Waals surface area contributed by atoms with Gasteiger partial charge in [-0.3, -0.25) is 4.79 Å². The number of aromatic nitrogens is 3. The highest BCUT2D eigenvalue weighted by atomic mass is 35.5. The zero-order valence-corrected chi connectivity index (χ0v) is 11.6. The predicted molar refractivity (Wildman–Crippen MR) is 76.3 cm³/mol. The highest BCUT2D eigenvalue weighted by Gasteiger charge is 2.25. The van der Waals surface area contributed by atoms with Gasteiger partial charge in [-0.05, 0) is 0 Å². The van der Waals surface area contributed by atoms with Crippen LogP contribution in [0.2, 0.25) is 0 Å². The summed E-state index contributed by atoms with van der Waals surface area (Å²) in [5.74, 6) is 0. The van der Waals surface area contributed by atoms with Gasteiger partial charge in [0.05, 0.1) is 37.4 Å². The number of aliphatic hydroxyl groups is 3. The largest absolute Gasteiger partial charge is 0.394 e. The molecule has 0 aliphatic heterocycles. The van der Waals surface area contributed by atoms with E-state index in [-0.39, 0.29) is 24.6 Å². The average molecular weight is 305 g/mol. The first-order chi connectivity index (χ1) is 9.10. The Labute approximate surface area is 120 Å². The molecule has 0 aromatic carbocycles. The van der Waals surface area contributed by atoms with E-state index in [9.17, 15) is 15.0 Å². The minimum absolute atomic E-state index is 0. The van der Waals surface area contributed by atoms with E-state index < -0.39 is 18.8 Å². The van der Waals surface area contributed by atoms with Crippen LogP contribution in [0.5, 0.6) is 0 Å². The van der Waals surface area contributed by atoms with Gasteiger partial charge in [-0.15, -0.1) is 12.4 Å². The number of halogens is 1. The van der Waals surface area contributed by atoms with Gasteiger partial charge < -0.3 is 30.2 Å².